The van der Waals surface area contributed by atoms with Crippen molar-refractivity contribution in [2.75, 3.05) is 62.0 Å². The molecule has 0 atom stereocenters. The van der Waals surface area contributed by atoms with Crippen LogP contribution in [0.2, 0.25) is 0 Å². The molecule has 2 N–H and O–H groups in total. The van der Waals surface area contributed by atoms with Crippen LogP contribution >= 0.6 is 0 Å². The van der Waals surface area contributed by atoms with E-state index < -0.39 is 0 Å². The number of carbonyl (C=O) groups excluding carboxylic acids is 1. The van der Waals surface area contributed by atoms with Crippen LogP contribution in [0.1, 0.15) is 0 Å². The molecule has 2 aromatic carbocycles. The largest absolute Gasteiger partial charge is 0.383 e. The average Bonchev–Trinajstić information content (AvgIpc) is 3.36. The topological polar surface area (TPSA) is 87.0 Å². The number of hydrogen-bond acceptors (Lipinski definition) is 7. The molecule has 190 valence electrons. The fourth-order valence-corrected chi connectivity index (χ4v) is 4.47. The van der Waals surface area contributed by atoms with Crippen molar-refractivity contribution in [3.8, 4) is 11.3 Å². The van der Waals surface area contributed by atoms with Gasteiger partial charge >= 0.3 is 0 Å². The number of piperazine rings is 1. The van der Waals surface area contributed by atoms with Crippen molar-refractivity contribution in [3.05, 3.63) is 79.8 Å². The quantitative estimate of drug-likeness (QED) is 0.338. The van der Waals surface area contributed by atoms with Crippen LogP contribution in [0.25, 0.3) is 16.9 Å². The Hall–Kier alpha value is -4.21. The van der Waals surface area contributed by atoms with Gasteiger partial charge in [-0.3, -0.25) is 14.1 Å². The van der Waals surface area contributed by atoms with Gasteiger partial charge in [0.1, 0.15) is 5.82 Å². The summed E-state index contributed by atoms with van der Waals surface area (Å²) in [5.74, 6) is 0.462. The summed E-state index contributed by atoms with van der Waals surface area (Å²) in [6, 6.07) is 16.1. The summed E-state index contributed by atoms with van der Waals surface area (Å²) in [5, 5.41) is 6.20. The van der Waals surface area contributed by atoms with Crippen LogP contribution < -0.4 is 15.5 Å². The molecule has 0 radical (unpaired) electrons. The molecule has 9 heteroatoms. The van der Waals surface area contributed by atoms with E-state index in [1.54, 1.807) is 19.5 Å². The summed E-state index contributed by atoms with van der Waals surface area (Å²) >= 11 is 0. The van der Waals surface area contributed by atoms with E-state index in [-0.39, 0.29) is 5.91 Å². The Morgan fingerprint density at radius 1 is 1.05 bits per heavy atom. The lowest BCUT2D eigenvalue weighted by Gasteiger charge is -2.36. The lowest BCUT2D eigenvalue weighted by molar-refractivity contribution is -0.111. The summed E-state index contributed by atoms with van der Waals surface area (Å²) in [4.78, 5) is 25.6. The summed E-state index contributed by atoms with van der Waals surface area (Å²) in [6.07, 6.45) is 6.73. The first-order valence-corrected chi connectivity index (χ1v) is 12.3. The van der Waals surface area contributed by atoms with Crippen molar-refractivity contribution in [2.24, 2.45) is 0 Å². The van der Waals surface area contributed by atoms with E-state index in [4.69, 9.17) is 4.74 Å². The second kappa shape index (κ2) is 11.2. The molecule has 1 fully saturated rings. The SMILES string of the molecule is C=CC(=O)Nc1cccc(-c2cnc3cnc(Nc4ccc(N5CCN(CCOC)CC5)cc4)cn23)c1. The smallest absolute Gasteiger partial charge is 0.247 e. The number of nitrogens with zero attached hydrogens (tertiary/aromatic N) is 5. The Morgan fingerprint density at radius 3 is 2.62 bits per heavy atom. The summed E-state index contributed by atoms with van der Waals surface area (Å²) in [6.45, 7) is 9.38. The van der Waals surface area contributed by atoms with Gasteiger partial charge in [0.15, 0.2) is 5.65 Å². The normalized spacial score (nSPS) is 14.0. The third-order valence-corrected chi connectivity index (χ3v) is 6.50. The third kappa shape index (κ3) is 5.79. The Labute approximate surface area is 216 Å². The van der Waals surface area contributed by atoms with Gasteiger partial charge in [0.2, 0.25) is 5.91 Å². The fraction of sp³-hybridized carbons (Fsp3) is 0.250. The van der Waals surface area contributed by atoms with E-state index in [9.17, 15) is 4.79 Å². The second-order valence-electron chi connectivity index (χ2n) is 8.91. The van der Waals surface area contributed by atoms with Gasteiger partial charge in [-0.15, -0.1) is 0 Å². The van der Waals surface area contributed by atoms with Crippen molar-refractivity contribution in [2.45, 2.75) is 0 Å². The predicted octanol–water partition coefficient (Wildman–Crippen LogP) is 4.03. The molecule has 1 aliphatic heterocycles. The molecule has 5 rings (SSSR count). The molecule has 9 nitrogen and oxygen atoms in total. The highest BCUT2D eigenvalue weighted by Crippen LogP contribution is 2.26. The van der Waals surface area contributed by atoms with Gasteiger partial charge in [-0.05, 0) is 42.5 Å². The van der Waals surface area contributed by atoms with Crippen LogP contribution in [0.15, 0.2) is 79.8 Å². The number of imidazole rings is 1. The number of benzene rings is 2. The molecule has 1 aliphatic rings. The van der Waals surface area contributed by atoms with Crippen LogP contribution in [-0.4, -0.2) is 71.6 Å². The first-order valence-electron chi connectivity index (χ1n) is 12.3. The number of fused-ring (bicyclic) bond motifs is 1. The van der Waals surface area contributed by atoms with Gasteiger partial charge in [-0.25, -0.2) is 9.97 Å². The van der Waals surface area contributed by atoms with Gasteiger partial charge in [-0.1, -0.05) is 18.7 Å². The molecule has 0 spiro atoms. The maximum absolute atomic E-state index is 11.7. The van der Waals surface area contributed by atoms with Gasteiger partial charge < -0.3 is 20.3 Å². The van der Waals surface area contributed by atoms with Gasteiger partial charge in [0, 0.05) is 62.5 Å². The molecule has 0 aliphatic carbocycles. The number of aromatic nitrogens is 3. The molecule has 1 saturated heterocycles. The Balaban J connectivity index is 1.28. The van der Waals surface area contributed by atoms with Crippen LogP contribution in [0.4, 0.5) is 22.9 Å². The minimum absolute atomic E-state index is 0.249. The molecule has 4 aromatic rings. The Bertz CT molecular complexity index is 1380. The standard InChI is InChI=1S/C28H31N7O2/c1-3-28(36)32-23-6-4-5-21(17-23)25-18-30-27-19-29-26(20-35(25)27)31-22-7-9-24(10-8-22)34-13-11-33(12-14-34)15-16-37-2/h3-10,17-20,31H,1,11-16H2,2H3,(H,32,36). The summed E-state index contributed by atoms with van der Waals surface area (Å²) in [5.41, 5.74) is 5.45. The molecular formula is C28H31N7O2. The first-order chi connectivity index (χ1) is 18.1. The van der Waals surface area contributed by atoms with Crippen LogP contribution in [0.3, 0.4) is 0 Å². The van der Waals surface area contributed by atoms with E-state index in [1.807, 2.05) is 34.9 Å². The van der Waals surface area contributed by atoms with E-state index in [1.165, 1.54) is 11.8 Å². The maximum Gasteiger partial charge on any atom is 0.247 e. The van der Waals surface area contributed by atoms with Gasteiger partial charge in [0.05, 0.1) is 30.9 Å². The van der Waals surface area contributed by atoms with Crippen molar-refractivity contribution in [3.63, 3.8) is 0 Å². The molecule has 0 bridgehead atoms. The molecule has 37 heavy (non-hydrogen) atoms. The Morgan fingerprint density at radius 2 is 1.86 bits per heavy atom. The highest BCUT2D eigenvalue weighted by molar-refractivity contribution is 5.99. The zero-order valence-corrected chi connectivity index (χ0v) is 20.9. The zero-order chi connectivity index (χ0) is 25.6. The van der Waals surface area contributed by atoms with Crippen molar-refractivity contribution < 1.29 is 9.53 Å². The highest BCUT2D eigenvalue weighted by atomic mass is 16.5. The molecule has 0 saturated carbocycles. The number of rotatable bonds is 9. The number of carbonyl (C=O) groups is 1. The van der Waals surface area contributed by atoms with Crippen LogP contribution in [0, 0.1) is 0 Å². The molecule has 0 unspecified atom stereocenters. The lowest BCUT2D eigenvalue weighted by Crippen LogP contribution is -2.47. The van der Waals surface area contributed by atoms with Gasteiger partial charge in [0.25, 0.3) is 0 Å². The van der Waals surface area contributed by atoms with Crippen molar-refractivity contribution in [1.29, 1.82) is 0 Å². The highest BCUT2D eigenvalue weighted by Gasteiger charge is 2.17. The number of anilines is 4. The van der Waals surface area contributed by atoms with Crippen LogP contribution in [0.5, 0.6) is 0 Å². The number of nitrogens with one attached hydrogen (secondary N) is 2. The molecule has 1 amide bonds. The van der Waals surface area contributed by atoms with Crippen molar-refractivity contribution in [1.82, 2.24) is 19.3 Å². The second-order valence-corrected chi connectivity index (χ2v) is 8.91. The fourth-order valence-electron chi connectivity index (χ4n) is 4.47. The number of hydrogen-bond donors (Lipinski definition) is 2. The number of methoxy groups -OCH3 is 1. The lowest BCUT2D eigenvalue weighted by atomic mass is 10.1. The van der Waals surface area contributed by atoms with Crippen LogP contribution in [-0.2, 0) is 9.53 Å². The average molecular weight is 498 g/mol. The summed E-state index contributed by atoms with van der Waals surface area (Å²) in [7, 11) is 1.75. The van der Waals surface area contributed by atoms with Gasteiger partial charge in [-0.2, -0.15) is 0 Å². The third-order valence-electron chi connectivity index (χ3n) is 6.50. The number of ether oxygens (including phenoxy) is 1. The monoisotopic (exact) mass is 497 g/mol. The maximum atomic E-state index is 11.7. The minimum atomic E-state index is -0.249. The van der Waals surface area contributed by atoms with E-state index in [0.29, 0.717) is 11.5 Å². The number of amides is 1. The Kier molecular flexibility index (Phi) is 7.43. The summed E-state index contributed by atoms with van der Waals surface area (Å²) < 4.78 is 7.19. The molecule has 3 heterocycles. The van der Waals surface area contributed by atoms with Crippen molar-refractivity contribution >= 4 is 34.4 Å². The molecular weight excluding hydrogens is 466 g/mol. The predicted molar refractivity (Wildman–Crippen MR) is 148 cm³/mol. The van der Waals surface area contributed by atoms with E-state index in [2.05, 4.69) is 61.2 Å². The minimum Gasteiger partial charge on any atom is -0.383 e. The first kappa shape index (κ1) is 24.5. The molecule has 2 aromatic heterocycles. The van der Waals surface area contributed by atoms with E-state index in [0.717, 1.165) is 61.9 Å². The zero-order valence-electron chi connectivity index (χ0n) is 20.9. The van der Waals surface area contributed by atoms with E-state index >= 15 is 0 Å².